The minimum atomic E-state index is -0.464. The monoisotopic (exact) mass is 293 g/mol. The summed E-state index contributed by atoms with van der Waals surface area (Å²) in [7, 11) is 0. The number of likely N-dealkylation sites (tertiary alicyclic amines) is 1. The highest BCUT2D eigenvalue weighted by Crippen LogP contribution is 2.18. The topological polar surface area (TPSA) is 75.4 Å². The van der Waals surface area contributed by atoms with E-state index in [0.29, 0.717) is 13.0 Å². The number of carbonyl (C=O) groups excluding carboxylic acids is 2. The van der Waals surface area contributed by atoms with Crippen LogP contribution in [0.4, 0.5) is 10.1 Å². The summed E-state index contributed by atoms with van der Waals surface area (Å²) in [6.07, 6.45) is 2.52. The van der Waals surface area contributed by atoms with Crippen LogP contribution in [0.25, 0.3) is 0 Å². The SMILES string of the molecule is Cc1ccc(NC(=O)CN2CCCC[C@@H]2C(N)=O)c(F)c1. The van der Waals surface area contributed by atoms with E-state index < -0.39 is 17.8 Å². The van der Waals surface area contributed by atoms with Crippen LogP contribution in [0.1, 0.15) is 24.8 Å². The number of nitrogens with two attached hydrogens (primary N) is 1. The Morgan fingerprint density at radius 2 is 2.19 bits per heavy atom. The lowest BCUT2D eigenvalue weighted by molar-refractivity contribution is -0.126. The molecule has 3 N–H and O–H groups in total. The van der Waals surface area contributed by atoms with E-state index in [1.54, 1.807) is 17.9 Å². The number of primary amides is 1. The first-order chi connectivity index (χ1) is 9.97. The van der Waals surface area contributed by atoms with Gasteiger partial charge in [0.15, 0.2) is 0 Å². The van der Waals surface area contributed by atoms with Gasteiger partial charge < -0.3 is 11.1 Å². The van der Waals surface area contributed by atoms with Gasteiger partial charge in [-0.3, -0.25) is 14.5 Å². The molecule has 114 valence electrons. The summed E-state index contributed by atoms with van der Waals surface area (Å²) in [5.74, 6) is -1.22. The van der Waals surface area contributed by atoms with Crippen molar-refractivity contribution in [3.05, 3.63) is 29.6 Å². The van der Waals surface area contributed by atoms with E-state index >= 15 is 0 Å². The summed E-state index contributed by atoms with van der Waals surface area (Å²) >= 11 is 0. The molecule has 1 saturated heterocycles. The van der Waals surface area contributed by atoms with E-state index in [2.05, 4.69) is 5.32 Å². The molecule has 0 aromatic heterocycles. The molecule has 1 aliphatic rings. The molecule has 1 aliphatic heterocycles. The molecule has 1 atom stereocenters. The van der Waals surface area contributed by atoms with E-state index in [9.17, 15) is 14.0 Å². The number of halogens is 1. The van der Waals surface area contributed by atoms with Crippen LogP contribution in [-0.4, -0.2) is 35.8 Å². The second kappa shape index (κ2) is 6.67. The number of anilines is 1. The minimum Gasteiger partial charge on any atom is -0.368 e. The highest BCUT2D eigenvalue weighted by atomic mass is 19.1. The number of aryl methyl sites for hydroxylation is 1. The van der Waals surface area contributed by atoms with Crippen molar-refractivity contribution >= 4 is 17.5 Å². The maximum Gasteiger partial charge on any atom is 0.238 e. The normalized spacial score (nSPS) is 19.2. The summed E-state index contributed by atoms with van der Waals surface area (Å²) < 4.78 is 13.7. The van der Waals surface area contributed by atoms with Gasteiger partial charge in [-0.25, -0.2) is 4.39 Å². The van der Waals surface area contributed by atoms with Crippen molar-refractivity contribution in [1.29, 1.82) is 0 Å². The molecule has 5 nitrogen and oxygen atoms in total. The van der Waals surface area contributed by atoms with Crippen molar-refractivity contribution in [2.45, 2.75) is 32.2 Å². The summed E-state index contributed by atoms with van der Waals surface area (Å²) in [5, 5.41) is 2.54. The molecule has 1 fully saturated rings. The second-order valence-electron chi connectivity index (χ2n) is 5.42. The predicted octanol–water partition coefficient (Wildman–Crippen LogP) is 1.41. The molecule has 0 spiro atoms. The smallest absolute Gasteiger partial charge is 0.238 e. The Labute approximate surface area is 123 Å². The lowest BCUT2D eigenvalue weighted by atomic mass is 10.0. The maximum atomic E-state index is 13.7. The van der Waals surface area contributed by atoms with Crippen LogP contribution in [0.5, 0.6) is 0 Å². The van der Waals surface area contributed by atoms with E-state index in [4.69, 9.17) is 5.73 Å². The number of hydrogen-bond donors (Lipinski definition) is 2. The summed E-state index contributed by atoms with van der Waals surface area (Å²) in [4.78, 5) is 25.2. The van der Waals surface area contributed by atoms with Gasteiger partial charge >= 0.3 is 0 Å². The van der Waals surface area contributed by atoms with Crippen LogP contribution >= 0.6 is 0 Å². The first-order valence-corrected chi connectivity index (χ1v) is 7.07. The lowest BCUT2D eigenvalue weighted by Gasteiger charge is -2.32. The van der Waals surface area contributed by atoms with Crippen LogP contribution in [0.15, 0.2) is 18.2 Å². The number of nitrogens with one attached hydrogen (secondary N) is 1. The third kappa shape index (κ3) is 4.01. The van der Waals surface area contributed by atoms with Crippen LogP contribution in [0.2, 0.25) is 0 Å². The van der Waals surface area contributed by atoms with Gasteiger partial charge in [0.1, 0.15) is 5.82 Å². The van der Waals surface area contributed by atoms with Gasteiger partial charge in [-0.1, -0.05) is 12.5 Å². The van der Waals surface area contributed by atoms with E-state index in [-0.39, 0.29) is 18.1 Å². The third-order valence-corrected chi connectivity index (χ3v) is 3.69. The Bertz CT molecular complexity index is 548. The van der Waals surface area contributed by atoms with Gasteiger partial charge in [-0.15, -0.1) is 0 Å². The maximum absolute atomic E-state index is 13.7. The van der Waals surface area contributed by atoms with Gasteiger partial charge in [-0.2, -0.15) is 0 Å². The highest BCUT2D eigenvalue weighted by molar-refractivity contribution is 5.93. The van der Waals surface area contributed by atoms with Crippen molar-refractivity contribution in [1.82, 2.24) is 4.90 Å². The zero-order valence-corrected chi connectivity index (χ0v) is 12.1. The highest BCUT2D eigenvalue weighted by Gasteiger charge is 2.28. The van der Waals surface area contributed by atoms with E-state index in [1.807, 2.05) is 0 Å². The molecule has 6 heteroatoms. The fraction of sp³-hybridized carbons (Fsp3) is 0.467. The molecule has 2 rings (SSSR count). The Kier molecular flexibility index (Phi) is 4.90. The van der Waals surface area contributed by atoms with Crippen molar-refractivity contribution < 1.29 is 14.0 Å². The van der Waals surface area contributed by atoms with Crippen LogP contribution in [-0.2, 0) is 9.59 Å². The molecule has 2 amide bonds. The third-order valence-electron chi connectivity index (χ3n) is 3.69. The lowest BCUT2D eigenvalue weighted by Crippen LogP contribution is -2.50. The van der Waals surface area contributed by atoms with Crippen molar-refractivity contribution in [3.8, 4) is 0 Å². The first-order valence-electron chi connectivity index (χ1n) is 7.07. The largest absolute Gasteiger partial charge is 0.368 e. The van der Waals surface area contributed by atoms with Crippen molar-refractivity contribution in [2.24, 2.45) is 5.73 Å². The minimum absolute atomic E-state index is 0.0426. The number of carbonyl (C=O) groups is 2. The van der Waals surface area contributed by atoms with Crippen LogP contribution in [0.3, 0.4) is 0 Å². The molecule has 1 aromatic carbocycles. The number of hydrogen-bond acceptors (Lipinski definition) is 3. The quantitative estimate of drug-likeness (QED) is 0.881. The molecule has 1 heterocycles. The molecular weight excluding hydrogens is 273 g/mol. The molecule has 0 bridgehead atoms. The molecule has 0 unspecified atom stereocenters. The van der Waals surface area contributed by atoms with Crippen molar-refractivity contribution in [3.63, 3.8) is 0 Å². The number of piperidine rings is 1. The summed E-state index contributed by atoms with van der Waals surface area (Å²) in [6, 6.07) is 4.21. The van der Waals surface area contributed by atoms with Crippen LogP contribution in [0, 0.1) is 12.7 Å². The summed E-state index contributed by atoms with van der Waals surface area (Å²) in [5.41, 5.74) is 6.29. The number of nitrogens with zero attached hydrogens (tertiary/aromatic N) is 1. The Hall–Kier alpha value is -1.95. The Morgan fingerprint density at radius 1 is 1.43 bits per heavy atom. The van der Waals surface area contributed by atoms with Crippen LogP contribution < -0.4 is 11.1 Å². The second-order valence-corrected chi connectivity index (χ2v) is 5.42. The van der Waals surface area contributed by atoms with Gasteiger partial charge in [-0.05, 0) is 44.0 Å². The zero-order chi connectivity index (χ0) is 15.4. The molecule has 1 aromatic rings. The molecule has 0 aliphatic carbocycles. The molecule has 0 saturated carbocycles. The van der Waals surface area contributed by atoms with Gasteiger partial charge in [0.2, 0.25) is 11.8 Å². The standard InChI is InChI=1S/C15H20FN3O2/c1-10-5-6-12(11(16)8-10)18-14(20)9-19-7-3-2-4-13(19)15(17)21/h5-6,8,13H,2-4,7,9H2,1H3,(H2,17,21)(H,18,20)/t13-/m1/s1. The fourth-order valence-corrected chi connectivity index (χ4v) is 2.60. The van der Waals surface area contributed by atoms with E-state index in [0.717, 1.165) is 18.4 Å². The number of benzene rings is 1. The Balaban J connectivity index is 1.98. The average Bonchev–Trinajstić information content (AvgIpc) is 2.42. The van der Waals surface area contributed by atoms with Gasteiger partial charge in [0, 0.05) is 0 Å². The number of rotatable bonds is 4. The molecule has 0 radical (unpaired) electrons. The van der Waals surface area contributed by atoms with Gasteiger partial charge in [0.25, 0.3) is 0 Å². The fourth-order valence-electron chi connectivity index (χ4n) is 2.60. The predicted molar refractivity (Wildman–Crippen MR) is 78.2 cm³/mol. The van der Waals surface area contributed by atoms with Crippen molar-refractivity contribution in [2.75, 3.05) is 18.4 Å². The van der Waals surface area contributed by atoms with E-state index in [1.165, 1.54) is 12.1 Å². The summed E-state index contributed by atoms with van der Waals surface area (Å²) in [6.45, 7) is 2.47. The molecule has 21 heavy (non-hydrogen) atoms. The zero-order valence-electron chi connectivity index (χ0n) is 12.1. The number of amides is 2. The first kappa shape index (κ1) is 15.4. The average molecular weight is 293 g/mol. The Morgan fingerprint density at radius 3 is 2.86 bits per heavy atom. The molecular formula is C15H20FN3O2. The van der Waals surface area contributed by atoms with Gasteiger partial charge in [0.05, 0.1) is 18.3 Å².